The van der Waals surface area contributed by atoms with Crippen LogP contribution in [0.3, 0.4) is 0 Å². The number of nitro benzene ring substituents is 1. The molecule has 0 aliphatic carbocycles. The molecule has 1 saturated heterocycles. The van der Waals surface area contributed by atoms with E-state index in [4.69, 9.17) is 0 Å². The molecule has 0 atom stereocenters. The standard InChI is InChI=1S/C10H10BrN3O3/c11-8-3-7(14(16)17)1-2-9(8)13-10(15)6-4-12-5-6/h1-3,6,12H,4-5H2,(H,13,15). The average molecular weight is 300 g/mol. The second-order valence-corrected chi connectivity index (χ2v) is 4.62. The number of hydrogen-bond donors (Lipinski definition) is 2. The summed E-state index contributed by atoms with van der Waals surface area (Å²) in [7, 11) is 0. The minimum atomic E-state index is -0.480. The van der Waals surface area contributed by atoms with Crippen molar-refractivity contribution in [2.75, 3.05) is 18.4 Å². The number of anilines is 1. The van der Waals surface area contributed by atoms with Gasteiger partial charge in [-0.1, -0.05) is 0 Å². The van der Waals surface area contributed by atoms with E-state index < -0.39 is 4.92 Å². The van der Waals surface area contributed by atoms with Gasteiger partial charge < -0.3 is 10.6 Å². The zero-order valence-electron chi connectivity index (χ0n) is 8.77. The van der Waals surface area contributed by atoms with Gasteiger partial charge in [0.15, 0.2) is 0 Å². The molecule has 1 heterocycles. The van der Waals surface area contributed by atoms with E-state index >= 15 is 0 Å². The molecular formula is C10H10BrN3O3. The summed E-state index contributed by atoms with van der Waals surface area (Å²) in [5.41, 5.74) is 0.535. The van der Waals surface area contributed by atoms with Crippen LogP contribution < -0.4 is 10.6 Å². The number of hydrogen-bond acceptors (Lipinski definition) is 4. The molecule has 90 valence electrons. The molecule has 1 aromatic carbocycles. The number of halogens is 1. The van der Waals surface area contributed by atoms with Crippen LogP contribution in [0.5, 0.6) is 0 Å². The van der Waals surface area contributed by atoms with Crippen LogP contribution >= 0.6 is 15.9 Å². The first-order valence-corrected chi connectivity index (χ1v) is 5.83. The van der Waals surface area contributed by atoms with Gasteiger partial charge in [0, 0.05) is 29.7 Å². The second-order valence-electron chi connectivity index (χ2n) is 3.77. The lowest BCUT2D eigenvalue weighted by molar-refractivity contribution is -0.384. The fraction of sp³-hybridized carbons (Fsp3) is 0.300. The molecule has 0 saturated carbocycles. The van der Waals surface area contributed by atoms with Crippen LogP contribution in [-0.2, 0) is 4.79 Å². The lowest BCUT2D eigenvalue weighted by atomic mass is 10.0. The monoisotopic (exact) mass is 299 g/mol. The summed E-state index contributed by atoms with van der Waals surface area (Å²) in [6.07, 6.45) is 0. The molecule has 2 rings (SSSR count). The minimum Gasteiger partial charge on any atom is -0.325 e. The molecule has 0 spiro atoms. The van der Waals surface area contributed by atoms with Crippen molar-refractivity contribution >= 4 is 33.2 Å². The van der Waals surface area contributed by atoms with Crippen LogP contribution in [-0.4, -0.2) is 23.9 Å². The lowest BCUT2D eigenvalue weighted by Gasteiger charge is -2.25. The van der Waals surface area contributed by atoms with Crippen molar-refractivity contribution in [2.24, 2.45) is 5.92 Å². The molecule has 2 N–H and O–H groups in total. The first-order valence-electron chi connectivity index (χ1n) is 5.03. The van der Waals surface area contributed by atoms with Gasteiger partial charge in [0.2, 0.25) is 5.91 Å². The van der Waals surface area contributed by atoms with Crippen LogP contribution in [0.25, 0.3) is 0 Å². The summed E-state index contributed by atoms with van der Waals surface area (Å²) in [5, 5.41) is 16.3. The van der Waals surface area contributed by atoms with Gasteiger partial charge in [0.05, 0.1) is 16.5 Å². The number of nitro groups is 1. The highest BCUT2D eigenvalue weighted by atomic mass is 79.9. The predicted octanol–water partition coefficient (Wildman–Crippen LogP) is 1.52. The van der Waals surface area contributed by atoms with Gasteiger partial charge >= 0.3 is 0 Å². The van der Waals surface area contributed by atoms with Crippen molar-refractivity contribution in [2.45, 2.75) is 0 Å². The van der Waals surface area contributed by atoms with E-state index in [0.717, 1.165) is 0 Å². The number of nitrogens with zero attached hydrogens (tertiary/aromatic N) is 1. The van der Waals surface area contributed by atoms with Gasteiger partial charge in [-0.05, 0) is 22.0 Å². The van der Waals surface area contributed by atoms with E-state index in [2.05, 4.69) is 26.6 Å². The molecular weight excluding hydrogens is 290 g/mol. The third kappa shape index (κ3) is 2.62. The van der Waals surface area contributed by atoms with Crippen molar-refractivity contribution in [1.29, 1.82) is 0 Å². The largest absolute Gasteiger partial charge is 0.325 e. The molecule has 1 aliphatic heterocycles. The van der Waals surface area contributed by atoms with Crippen molar-refractivity contribution in [3.05, 3.63) is 32.8 Å². The Balaban J connectivity index is 2.10. The van der Waals surface area contributed by atoms with Gasteiger partial charge in [0.1, 0.15) is 0 Å². The molecule has 1 aliphatic rings. The van der Waals surface area contributed by atoms with E-state index in [0.29, 0.717) is 23.2 Å². The summed E-state index contributed by atoms with van der Waals surface area (Å²) in [6.45, 7) is 1.35. The lowest BCUT2D eigenvalue weighted by Crippen LogP contribution is -2.48. The highest BCUT2D eigenvalue weighted by Gasteiger charge is 2.25. The van der Waals surface area contributed by atoms with Crippen LogP contribution in [0, 0.1) is 16.0 Å². The summed E-state index contributed by atoms with van der Waals surface area (Å²) >= 11 is 3.20. The normalized spacial score (nSPS) is 15.1. The zero-order valence-corrected chi connectivity index (χ0v) is 10.4. The topological polar surface area (TPSA) is 84.3 Å². The van der Waals surface area contributed by atoms with Crippen LogP contribution in [0.2, 0.25) is 0 Å². The summed E-state index contributed by atoms with van der Waals surface area (Å²) in [5.74, 6) is -0.0876. The van der Waals surface area contributed by atoms with Gasteiger partial charge in [-0.2, -0.15) is 0 Å². The zero-order chi connectivity index (χ0) is 12.4. The van der Waals surface area contributed by atoms with Crippen molar-refractivity contribution in [3.8, 4) is 0 Å². The van der Waals surface area contributed by atoms with E-state index in [-0.39, 0.29) is 17.5 Å². The van der Waals surface area contributed by atoms with Gasteiger partial charge in [-0.3, -0.25) is 14.9 Å². The molecule has 1 amide bonds. The van der Waals surface area contributed by atoms with Gasteiger partial charge in [0.25, 0.3) is 5.69 Å². The van der Waals surface area contributed by atoms with E-state index in [1.54, 1.807) is 0 Å². The first kappa shape index (κ1) is 12.0. The minimum absolute atomic E-state index is 0.0137. The number of non-ortho nitro benzene ring substituents is 1. The average Bonchev–Trinajstić information content (AvgIpc) is 2.18. The molecule has 0 bridgehead atoms. The summed E-state index contributed by atoms with van der Waals surface area (Å²) < 4.78 is 0.507. The number of amides is 1. The highest BCUT2D eigenvalue weighted by Crippen LogP contribution is 2.27. The van der Waals surface area contributed by atoms with E-state index in [9.17, 15) is 14.9 Å². The smallest absolute Gasteiger partial charge is 0.270 e. The molecule has 1 fully saturated rings. The SMILES string of the molecule is O=C(Nc1ccc([N+](=O)[O-])cc1Br)C1CNC1. The predicted molar refractivity (Wildman–Crippen MR) is 65.8 cm³/mol. The molecule has 17 heavy (non-hydrogen) atoms. The molecule has 0 aromatic heterocycles. The Kier molecular flexibility index (Phi) is 3.39. The Morgan fingerprint density at radius 1 is 1.53 bits per heavy atom. The van der Waals surface area contributed by atoms with Crippen molar-refractivity contribution in [1.82, 2.24) is 5.32 Å². The number of carbonyl (C=O) groups excluding carboxylic acids is 1. The maximum Gasteiger partial charge on any atom is 0.270 e. The van der Waals surface area contributed by atoms with Crippen LogP contribution in [0.1, 0.15) is 0 Å². The van der Waals surface area contributed by atoms with Crippen molar-refractivity contribution in [3.63, 3.8) is 0 Å². The fourth-order valence-corrected chi connectivity index (χ4v) is 1.89. The Bertz CT molecular complexity index is 474. The number of rotatable bonds is 3. The van der Waals surface area contributed by atoms with Gasteiger partial charge in [-0.25, -0.2) is 0 Å². The molecule has 6 nitrogen and oxygen atoms in total. The first-order chi connectivity index (χ1) is 8.08. The van der Waals surface area contributed by atoms with Crippen LogP contribution in [0.15, 0.2) is 22.7 Å². The Morgan fingerprint density at radius 2 is 2.24 bits per heavy atom. The van der Waals surface area contributed by atoms with Gasteiger partial charge in [-0.15, -0.1) is 0 Å². The highest BCUT2D eigenvalue weighted by molar-refractivity contribution is 9.10. The Hall–Kier alpha value is -1.47. The van der Waals surface area contributed by atoms with Crippen LogP contribution in [0.4, 0.5) is 11.4 Å². The van der Waals surface area contributed by atoms with E-state index in [1.165, 1.54) is 18.2 Å². The third-order valence-corrected chi connectivity index (χ3v) is 3.23. The second kappa shape index (κ2) is 4.80. The third-order valence-electron chi connectivity index (χ3n) is 2.57. The summed E-state index contributed by atoms with van der Waals surface area (Å²) in [6, 6.07) is 4.25. The van der Waals surface area contributed by atoms with Crippen molar-refractivity contribution < 1.29 is 9.72 Å². The molecule has 0 radical (unpaired) electrons. The molecule has 7 heteroatoms. The fourth-order valence-electron chi connectivity index (χ4n) is 1.43. The number of carbonyl (C=O) groups is 1. The maximum atomic E-state index is 11.7. The Labute approximate surface area is 106 Å². The quantitative estimate of drug-likeness (QED) is 0.654. The summed E-state index contributed by atoms with van der Waals surface area (Å²) in [4.78, 5) is 21.7. The number of benzene rings is 1. The maximum absolute atomic E-state index is 11.7. The number of nitrogens with one attached hydrogen (secondary N) is 2. The van der Waals surface area contributed by atoms with E-state index in [1.807, 2.05) is 0 Å². The molecule has 0 unspecified atom stereocenters. The molecule has 1 aromatic rings. The Morgan fingerprint density at radius 3 is 2.71 bits per heavy atom.